The van der Waals surface area contributed by atoms with Crippen LogP contribution >= 0.6 is 0 Å². The van der Waals surface area contributed by atoms with Crippen LogP contribution in [-0.2, 0) is 11.3 Å². The highest BCUT2D eigenvalue weighted by Gasteiger charge is 2.18. The fraction of sp³-hybridized carbons (Fsp3) is 0.312. The van der Waals surface area contributed by atoms with Gasteiger partial charge in [0.2, 0.25) is 0 Å². The van der Waals surface area contributed by atoms with Crippen molar-refractivity contribution in [2.75, 3.05) is 25.7 Å². The SMILES string of the molecule is COC(=O)c1ccc2c(N(CCC(C)(C)C)Cc3ccc(-c4ccc(OC)c(C)c4)cc3)nccc2c1. The Morgan fingerprint density at radius 3 is 2.30 bits per heavy atom. The summed E-state index contributed by atoms with van der Waals surface area (Å²) in [6, 6.07) is 22.6. The summed E-state index contributed by atoms with van der Waals surface area (Å²) >= 11 is 0. The molecule has 0 unspecified atom stereocenters. The van der Waals surface area contributed by atoms with E-state index in [0.29, 0.717) is 5.56 Å². The summed E-state index contributed by atoms with van der Waals surface area (Å²) in [6.45, 7) is 10.5. The molecule has 0 spiro atoms. The minimum atomic E-state index is -0.336. The van der Waals surface area contributed by atoms with Gasteiger partial charge >= 0.3 is 5.97 Å². The predicted molar refractivity (Wildman–Crippen MR) is 151 cm³/mol. The third-order valence-corrected chi connectivity index (χ3v) is 6.65. The fourth-order valence-corrected chi connectivity index (χ4v) is 4.47. The van der Waals surface area contributed by atoms with Crippen molar-refractivity contribution in [1.82, 2.24) is 4.98 Å². The molecule has 0 saturated carbocycles. The molecule has 3 aromatic carbocycles. The molecule has 0 aliphatic carbocycles. The van der Waals surface area contributed by atoms with Crippen molar-refractivity contribution in [2.24, 2.45) is 5.41 Å². The molecule has 0 aliphatic heterocycles. The van der Waals surface area contributed by atoms with E-state index in [1.165, 1.54) is 23.8 Å². The fourth-order valence-electron chi connectivity index (χ4n) is 4.47. The largest absolute Gasteiger partial charge is 0.496 e. The molecule has 0 radical (unpaired) electrons. The summed E-state index contributed by atoms with van der Waals surface area (Å²) in [6.07, 6.45) is 2.84. The maximum absolute atomic E-state index is 12.1. The number of ether oxygens (including phenoxy) is 2. The third-order valence-electron chi connectivity index (χ3n) is 6.65. The number of rotatable bonds is 8. The number of aryl methyl sites for hydroxylation is 1. The molecule has 192 valence electrons. The standard InChI is InChI=1S/C32H36N2O3/c1-22-19-25(12-14-29(22)36-5)24-9-7-23(8-10-24)21-34(18-16-32(2,3)4)30-28-13-11-27(31(35)37-6)20-26(28)15-17-33-30/h7-15,17,19-20H,16,18,21H2,1-6H3. The Morgan fingerprint density at radius 2 is 1.65 bits per heavy atom. The molecular weight excluding hydrogens is 460 g/mol. The van der Waals surface area contributed by atoms with Crippen molar-refractivity contribution in [3.63, 3.8) is 0 Å². The van der Waals surface area contributed by atoms with E-state index in [0.717, 1.165) is 47.4 Å². The second kappa shape index (κ2) is 11.0. The van der Waals surface area contributed by atoms with Crippen LogP contribution < -0.4 is 9.64 Å². The van der Waals surface area contributed by atoms with Crippen LogP contribution in [0.15, 0.2) is 72.9 Å². The number of carbonyl (C=O) groups is 1. The molecule has 5 nitrogen and oxygen atoms in total. The topological polar surface area (TPSA) is 51.7 Å². The van der Waals surface area contributed by atoms with Gasteiger partial charge in [0, 0.05) is 24.7 Å². The van der Waals surface area contributed by atoms with Crippen LogP contribution in [0.1, 0.15) is 48.7 Å². The van der Waals surface area contributed by atoms with Gasteiger partial charge in [-0.3, -0.25) is 0 Å². The van der Waals surface area contributed by atoms with Crippen LogP contribution in [0.5, 0.6) is 5.75 Å². The van der Waals surface area contributed by atoms with E-state index in [2.05, 4.69) is 69.0 Å². The first-order chi connectivity index (χ1) is 17.7. The molecule has 0 N–H and O–H groups in total. The number of methoxy groups -OCH3 is 2. The van der Waals surface area contributed by atoms with E-state index in [9.17, 15) is 4.79 Å². The summed E-state index contributed by atoms with van der Waals surface area (Å²) in [4.78, 5) is 19.2. The number of hydrogen-bond donors (Lipinski definition) is 0. The number of carbonyl (C=O) groups excluding carboxylic acids is 1. The van der Waals surface area contributed by atoms with Crippen LogP contribution in [0.2, 0.25) is 0 Å². The van der Waals surface area contributed by atoms with Crippen molar-refractivity contribution in [3.8, 4) is 16.9 Å². The predicted octanol–water partition coefficient (Wildman–Crippen LogP) is 7.45. The van der Waals surface area contributed by atoms with Gasteiger partial charge < -0.3 is 14.4 Å². The number of benzene rings is 3. The van der Waals surface area contributed by atoms with Gasteiger partial charge in [-0.15, -0.1) is 0 Å². The quantitative estimate of drug-likeness (QED) is 0.237. The molecule has 0 atom stereocenters. The van der Waals surface area contributed by atoms with E-state index < -0.39 is 0 Å². The third kappa shape index (κ3) is 6.29. The van der Waals surface area contributed by atoms with Gasteiger partial charge in [0.25, 0.3) is 0 Å². The van der Waals surface area contributed by atoms with Crippen LogP contribution in [0.25, 0.3) is 21.9 Å². The number of nitrogens with zero attached hydrogens (tertiary/aromatic N) is 2. The molecule has 1 aromatic heterocycles. The normalized spacial score (nSPS) is 11.4. The van der Waals surface area contributed by atoms with E-state index in [1.807, 2.05) is 36.5 Å². The summed E-state index contributed by atoms with van der Waals surface area (Å²) in [5, 5.41) is 1.99. The summed E-state index contributed by atoms with van der Waals surface area (Å²) < 4.78 is 10.3. The minimum Gasteiger partial charge on any atom is -0.496 e. The molecule has 0 amide bonds. The van der Waals surface area contributed by atoms with Gasteiger partial charge in [-0.1, -0.05) is 51.1 Å². The second-order valence-corrected chi connectivity index (χ2v) is 10.7. The molecule has 1 heterocycles. The first kappa shape index (κ1) is 26.2. The van der Waals surface area contributed by atoms with E-state index in [4.69, 9.17) is 14.5 Å². The average Bonchev–Trinajstić information content (AvgIpc) is 2.89. The maximum Gasteiger partial charge on any atom is 0.337 e. The lowest BCUT2D eigenvalue weighted by atomic mass is 9.92. The summed E-state index contributed by atoms with van der Waals surface area (Å²) in [5.74, 6) is 1.49. The van der Waals surface area contributed by atoms with Gasteiger partial charge in [0.05, 0.1) is 19.8 Å². The van der Waals surface area contributed by atoms with E-state index >= 15 is 0 Å². The number of fused-ring (bicyclic) bond motifs is 1. The average molecular weight is 497 g/mol. The molecule has 4 aromatic rings. The first-order valence-electron chi connectivity index (χ1n) is 12.6. The molecule has 0 fully saturated rings. The van der Waals surface area contributed by atoms with Gasteiger partial charge in [0.15, 0.2) is 0 Å². The molecule has 4 rings (SSSR count). The first-order valence-corrected chi connectivity index (χ1v) is 12.6. The number of aromatic nitrogens is 1. The molecular formula is C32H36N2O3. The lowest BCUT2D eigenvalue weighted by Gasteiger charge is -2.29. The van der Waals surface area contributed by atoms with Crippen LogP contribution in [0.3, 0.4) is 0 Å². The number of hydrogen-bond acceptors (Lipinski definition) is 5. The van der Waals surface area contributed by atoms with Crippen LogP contribution in [0.4, 0.5) is 5.82 Å². The van der Waals surface area contributed by atoms with Crippen LogP contribution in [-0.4, -0.2) is 31.7 Å². The van der Waals surface area contributed by atoms with Crippen LogP contribution in [0, 0.1) is 12.3 Å². The van der Waals surface area contributed by atoms with Gasteiger partial charge in [-0.2, -0.15) is 0 Å². The zero-order valence-electron chi connectivity index (χ0n) is 22.7. The van der Waals surface area contributed by atoms with Gasteiger partial charge in [0.1, 0.15) is 11.6 Å². The zero-order chi connectivity index (χ0) is 26.6. The monoisotopic (exact) mass is 496 g/mol. The summed E-state index contributed by atoms with van der Waals surface area (Å²) in [7, 11) is 3.10. The summed E-state index contributed by atoms with van der Waals surface area (Å²) in [5.41, 5.74) is 5.41. The lowest BCUT2D eigenvalue weighted by molar-refractivity contribution is 0.0601. The van der Waals surface area contributed by atoms with Crippen molar-refractivity contribution < 1.29 is 14.3 Å². The molecule has 0 bridgehead atoms. The number of esters is 1. The number of pyridine rings is 1. The van der Waals surface area contributed by atoms with Gasteiger partial charge in [-0.05, 0) is 82.8 Å². The molecule has 0 saturated heterocycles. The van der Waals surface area contributed by atoms with E-state index in [1.54, 1.807) is 7.11 Å². The highest BCUT2D eigenvalue weighted by Crippen LogP contribution is 2.30. The van der Waals surface area contributed by atoms with Crippen molar-refractivity contribution in [3.05, 3.63) is 89.6 Å². The second-order valence-electron chi connectivity index (χ2n) is 10.7. The van der Waals surface area contributed by atoms with Crippen molar-refractivity contribution >= 4 is 22.6 Å². The Morgan fingerprint density at radius 1 is 0.919 bits per heavy atom. The smallest absolute Gasteiger partial charge is 0.337 e. The zero-order valence-corrected chi connectivity index (χ0v) is 22.7. The highest BCUT2D eigenvalue weighted by molar-refractivity contribution is 5.98. The Kier molecular flexibility index (Phi) is 7.82. The Labute approximate surface area is 220 Å². The molecule has 0 aliphatic rings. The van der Waals surface area contributed by atoms with E-state index in [-0.39, 0.29) is 11.4 Å². The Bertz CT molecular complexity index is 1390. The highest BCUT2D eigenvalue weighted by atomic mass is 16.5. The maximum atomic E-state index is 12.1. The number of anilines is 1. The Hall–Kier alpha value is -3.86. The van der Waals surface area contributed by atoms with Crippen molar-refractivity contribution in [1.29, 1.82) is 0 Å². The van der Waals surface area contributed by atoms with Gasteiger partial charge in [-0.25, -0.2) is 9.78 Å². The minimum absolute atomic E-state index is 0.191. The molecule has 5 heteroatoms. The molecule has 37 heavy (non-hydrogen) atoms. The lowest BCUT2D eigenvalue weighted by Crippen LogP contribution is -2.28. The Balaban J connectivity index is 1.64. The van der Waals surface area contributed by atoms with Crippen molar-refractivity contribution in [2.45, 2.75) is 40.7 Å².